The molecule has 8 heavy (non-hydrogen) atoms. The summed E-state index contributed by atoms with van der Waals surface area (Å²) in [6, 6.07) is 0. The van der Waals surface area contributed by atoms with Crippen molar-refractivity contribution in [3.63, 3.8) is 0 Å². The fourth-order valence-electron chi connectivity index (χ4n) is 0.624. The van der Waals surface area contributed by atoms with Crippen LogP contribution < -0.4 is 0 Å². The summed E-state index contributed by atoms with van der Waals surface area (Å²) in [6.07, 6.45) is 7.74. The van der Waals surface area contributed by atoms with E-state index >= 15 is 0 Å². The van der Waals surface area contributed by atoms with Crippen molar-refractivity contribution in [2.24, 2.45) is 0 Å². The maximum atomic E-state index is 7.15. The van der Waals surface area contributed by atoms with Gasteiger partial charge in [0.25, 0.3) is 0 Å². The molecule has 1 aliphatic carbocycles. The summed E-state index contributed by atoms with van der Waals surface area (Å²) >= 11 is 0. The number of hydrogen-bond acceptors (Lipinski definition) is 0. The number of nitrogens with one attached hydrogen (secondary N) is 1. The van der Waals surface area contributed by atoms with Gasteiger partial charge in [-0.25, -0.2) is 0 Å². The Kier molecular flexibility index (Phi) is 1.20. The summed E-state index contributed by atoms with van der Waals surface area (Å²) in [5.74, 6) is 0. The molecule has 0 aromatic heterocycles. The first-order chi connectivity index (χ1) is 3.80. The molecular weight excluding hydrogens is 98.1 g/mol. The molecule has 0 heterocycles. The van der Waals surface area contributed by atoms with E-state index in [1.165, 1.54) is 0 Å². The van der Waals surface area contributed by atoms with Gasteiger partial charge >= 0.3 is 0 Å². The molecule has 0 spiro atoms. The molecule has 1 rings (SSSR count). The van der Waals surface area contributed by atoms with Gasteiger partial charge in [0.15, 0.2) is 0 Å². The van der Waals surface area contributed by atoms with Crippen LogP contribution in [-0.2, 0) is 0 Å². The van der Waals surface area contributed by atoms with Gasteiger partial charge in [-0.1, -0.05) is 31.2 Å². The highest BCUT2D eigenvalue weighted by molar-refractivity contribution is 5.43. The van der Waals surface area contributed by atoms with Crippen molar-refractivity contribution in [2.75, 3.05) is 0 Å². The molecule has 0 atom stereocenters. The van der Waals surface area contributed by atoms with Crippen LogP contribution in [0.25, 0.3) is 5.73 Å². The lowest BCUT2D eigenvalue weighted by Crippen LogP contribution is -1.68. The lowest BCUT2D eigenvalue weighted by Gasteiger charge is -2.02. The standard InChI is InChI=1S/C7H8N/c1-6(8)7-4-2-3-5-7/h2-5,8H,1H3/q-1. The summed E-state index contributed by atoms with van der Waals surface area (Å²) < 4.78 is 0. The average Bonchev–Trinajstić information content (AvgIpc) is 2.12. The Morgan fingerprint density at radius 1 is 1.38 bits per heavy atom. The summed E-state index contributed by atoms with van der Waals surface area (Å²) in [5.41, 5.74) is 8.80. The van der Waals surface area contributed by atoms with Crippen LogP contribution in [0.3, 0.4) is 0 Å². The zero-order valence-electron chi connectivity index (χ0n) is 4.81. The van der Waals surface area contributed by atoms with E-state index in [4.69, 9.17) is 5.73 Å². The van der Waals surface area contributed by atoms with Crippen molar-refractivity contribution < 1.29 is 0 Å². The highest BCUT2D eigenvalue weighted by Crippen LogP contribution is 2.11. The van der Waals surface area contributed by atoms with Gasteiger partial charge in [0.05, 0.1) is 0 Å². The Hall–Kier alpha value is -0.980. The Labute approximate surface area is 49.2 Å². The first kappa shape index (κ1) is 5.16. The molecule has 0 unspecified atom stereocenters. The SMILES string of the molecule is CC([NH-])=C1C=CC=C1. The molecule has 0 fully saturated rings. The second-order valence-electron chi connectivity index (χ2n) is 1.80. The van der Waals surface area contributed by atoms with E-state index in [9.17, 15) is 0 Å². The second-order valence-corrected chi connectivity index (χ2v) is 1.80. The Morgan fingerprint density at radius 2 is 1.88 bits per heavy atom. The summed E-state index contributed by atoms with van der Waals surface area (Å²) in [7, 11) is 0. The third-order valence-electron chi connectivity index (χ3n) is 1.10. The Bertz CT molecular complexity index is 155. The van der Waals surface area contributed by atoms with Gasteiger partial charge in [-0.05, 0) is 5.57 Å². The molecule has 0 radical (unpaired) electrons. The molecule has 0 saturated carbocycles. The monoisotopic (exact) mass is 106 g/mol. The van der Waals surface area contributed by atoms with Gasteiger partial charge in [0.2, 0.25) is 0 Å². The van der Waals surface area contributed by atoms with Crippen molar-refractivity contribution in [3.05, 3.63) is 41.3 Å². The van der Waals surface area contributed by atoms with E-state index in [2.05, 4.69) is 0 Å². The fourth-order valence-corrected chi connectivity index (χ4v) is 0.624. The first-order valence-electron chi connectivity index (χ1n) is 2.58. The summed E-state index contributed by atoms with van der Waals surface area (Å²) in [6.45, 7) is 1.79. The minimum absolute atomic E-state index is 0.634. The zero-order chi connectivity index (χ0) is 5.98. The quantitative estimate of drug-likeness (QED) is 0.453. The molecule has 0 aromatic rings. The smallest absolute Gasteiger partial charge is 0.0450 e. The Morgan fingerprint density at radius 3 is 2.12 bits per heavy atom. The van der Waals surface area contributed by atoms with Crippen LogP contribution in [0.15, 0.2) is 35.6 Å². The lowest BCUT2D eigenvalue weighted by atomic mass is 10.2. The van der Waals surface area contributed by atoms with Crippen LogP contribution in [0.5, 0.6) is 0 Å². The zero-order valence-corrected chi connectivity index (χ0v) is 4.81. The summed E-state index contributed by atoms with van der Waals surface area (Å²) in [4.78, 5) is 0. The van der Waals surface area contributed by atoms with Crippen molar-refractivity contribution in [3.8, 4) is 0 Å². The molecule has 0 aromatic carbocycles. The molecule has 0 amide bonds. The molecule has 0 saturated heterocycles. The van der Waals surface area contributed by atoms with Crippen molar-refractivity contribution in [2.45, 2.75) is 6.92 Å². The van der Waals surface area contributed by atoms with E-state index < -0.39 is 0 Å². The van der Waals surface area contributed by atoms with Crippen LogP contribution >= 0.6 is 0 Å². The molecular formula is C7H8N-. The van der Waals surface area contributed by atoms with Gasteiger partial charge in [0, 0.05) is 0 Å². The molecule has 1 heteroatoms. The van der Waals surface area contributed by atoms with Crippen LogP contribution in [-0.4, -0.2) is 0 Å². The largest absolute Gasteiger partial charge is 0.702 e. The van der Waals surface area contributed by atoms with Gasteiger partial charge in [0.1, 0.15) is 0 Å². The van der Waals surface area contributed by atoms with Gasteiger partial charge in [-0.3, -0.25) is 0 Å². The number of hydrogen-bond donors (Lipinski definition) is 0. The third kappa shape index (κ3) is 0.808. The molecule has 1 aliphatic rings. The van der Waals surface area contributed by atoms with E-state index in [1.807, 2.05) is 24.3 Å². The van der Waals surface area contributed by atoms with E-state index in [0.717, 1.165) is 5.57 Å². The maximum Gasteiger partial charge on any atom is -0.0450 e. The fraction of sp³-hybridized carbons (Fsp3) is 0.143. The minimum atomic E-state index is 0.634. The lowest BCUT2D eigenvalue weighted by molar-refractivity contribution is 1.48. The van der Waals surface area contributed by atoms with E-state index in [1.54, 1.807) is 6.92 Å². The van der Waals surface area contributed by atoms with Gasteiger partial charge < -0.3 is 5.73 Å². The Balaban J connectivity index is 2.90. The molecule has 0 bridgehead atoms. The van der Waals surface area contributed by atoms with E-state index in [-0.39, 0.29) is 0 Å². The minimum Gasteiger partial charge on any atom is -0.702 e. The van der Waals surface area contributed by atoms with Crippen molar-refractivity contribution >= 4 is 0 Å². The predicted octanol–water partition coefficient (Wildman–Crippen LogP) is 2.44. The highest BCUT2D eigenvalue weighted by atomic mass is 14.6. The molecule has 1 N–H and O–H groups in total. The predicted molar refractivity (Wildman–Crippen MR) is 35.3 cm³/mol. The topological polar surface area (TPSA) is 23.8 Å². The van der Waals surface area contributed by atoms with Crippen LogP contribution in [0, 0.1) is 0 Å². The normalized spacial score (nSPS) is 15.4. The second kappa shape index (κ2) is 1.86. The number of rotatable bonds is 0. The average molecular weight is 106 g/mol. The van der Waals surface area contributed by atoms with Crippen LogP contribution in [0.2, 0.25) is 0 Å². The van der Waals surface area contributed by atoms with Crippen LogP contribution in [0.1, 0.15) is 6.92 Å². The van der Waals surface area contributed by atoms with Crippen molar-refractivity contribution in [1.29, 1.82) is 0 Å². The van der Waals surface area contributed by atoms with Crippen molar-refractivity contribution in [1.82, 2.24) is 0 Å². The summed E-state index contributed by atoms with van der Waals surface area (Å²) in [5, 5.41) is 0. The van der Waals surface area contributed by atoms with Gasteiger partial charge in [-0.15, -0.1) is 0 Å². The van der Waals surface area contributed by atoms with E-state index in [0.29, 0.717) is 5.70 Å². The number of allylic oxidation sites excluding steroid dienone is 6. The maximum absolute atomic E-state index is 7.15. The first-order valence-corrected chi connectivity index (χ1v) is 2.58. The van der Waals surface area contributed by atoms with Crippen LogP contribution in [0.4, 0.5) is 0 Å². The molecule has 1 nitrogen and oxygen atoms in total. The third-order valence-corrected chi connectivity index (χ3v) is 1.10. The molecule has 42 valence electrons. The molecule has 0 aliphatic heterocycles. The highest BCUT2D eigenvalue weighted by Gasteiger charge is 1.86. The van der Waals surface area contributed by atoms with Gasteiger partial charge in [-0.2, -0.15) is 5.70 Å².